The number of carbonyl (C=O) groups excluding carboxylic acids is 1. The molecule has 0 atom stereocenters. The molecule has 0 saturated carbocycles. The Kier molecular flexibility index (Phi) is 6.40. The molecule has 0 amide bonds. The third kappa shape index (κ3) is 3.14. The molecule has 0 aromatic carbocycles. The summed E-state index contributed by atoms with van der Waals surface area (Å²) in [6.45, 7) is 8.86. The first-order valence-corrected chi connectivity index (χ1v) is 8.11. The van der Waals surface area contributed by atoms with Crippen LogP contribution in [0.4, 0.5) is 0 Å². The van der Waals surface area contributed by atoms with E-state index >= 15 is 0 Å². The van der Waals surface area contributed by atoms with Gasteiger partial charge in [-0.2, -0.15) is 5.10 Å². The van der Waals surface area contributed by atoms with Crippen LogP contribution in [0.3, 0.4) is 0 Å². The van der Waals surface area contributed by atoms with Crippen LogP contribution in [0.5, 0.6) is 0 Å². The van der Waals surface area contributed by atoms with Gasteiger partial charge >= 0.3 is 0 Å². The Balaban J connectivity index is 3.09. The monoisotopic (exact) mass is 344 g/mol. The molecule has 114 valence electrons. The number of Topliss-reactive ketones (excluding diaryl/α,β-unsaturated/α-hetero) is 1. The average Bonchev–Trinajstić information content (AvgIpc) is 2.78. The summed E-state index contributed by atoms with van der Waals surface area (Å²) < 4.78 is 8.40. The lowest BCUT2D eigenvalue weighted by molar-refractivity contribution is -0.141. The molecule has 0 fully saturated rings. The first kappa shape index (κ1) is 17.4. The van der Waals surface area contributed by atoms with Crippen molar-refractivity contribution in [2.24, 2.45) is 0 Å². The molecule has 4 nitrogen and oxygen atoms in total. The first-order chi connectivity index (χ1) is 9.49. The number of nitrogens with zero attached hydrogens (tertiary/aromatic N) is 2. The molecular weight excluding hydrogens is 320 g/mol. The number of halogens is 1. The number of ketones is 1. The molecule has 0 spiro atoms. The fraction of sp³-hybridized carbons (Fsp3) is 0.733. The van der Waals surface area contributed by atoms with E-state index in [9.17, 15) is 4.79 Å². The molecule has 0 bridgehead atoms. The van der Waals surface area contributed by atoms with Gasteiger partial charge in [-0.15, -0.1) is 0 Å². The standard InChI is InChI=1S/C15H25BrN2O2/c1-6-11-14(16)12(18(9-4)17-11)10-13(19)15(7-2,8-3)20-5/h6-10H2,1-5H3. The van der Waals surface area contributed by atoms with Gasteiger partial charge in [0.15, 0.2) is 5.78 Å². The summed E-state index contributed by atoms with van der Waals surface area (Å²) in [5, 5.41) is 4.54. The van der Waals surface area contributed by atoms with E-state index in [0.717, 1.165) is 28.8 Å². The summed E-state index contributed by atoms with van der Waals surface area (Å²) in [5.41, 5.74) is 1.29. The molecule has 0 aliphatic rings. The predicted octanol–water partition coefficient (Wildman–Crippen LogP) is 3.54. The van der Waals surface area contributed by atoms with E-state index in [2.05, 4.69) is 28.0 Å². The number of hydrogen-bond donors (Lipinski definition) is 0. The lowest BCUT2D eigenvalue weighted by Gasteiger charge is -2.28. The minimum absolute atomic E-state index is 0.128. The van der Waals surface area contributed by atoms with Crippen molar-refractivity contribution in [3.05, 3.63) is 15.9 Å². The number of hydrogen-bond acceptors (Lipinski definition) is 3. The Morgan fingerprint density at radius 1 is 1.30 bits per heavy atom. The lowest BCUT2D eigenvalue weighted by atomic mass is 9.89. The summed E-state index contributed by atoms with van der Waals surface area (Å²) in [5.74, 6) is 0.128. The number of rotatable bonds is 8. The average molecular weight is 345 g/mol. The van der Waals surface area contributed by atoms with Gasteiger partial charge in [-0.25, -0.2) is 0 Å². The molecule has 0 aliphatic carbocycles. The normalized spacial score (nSPS) is 11.9. The molecule has 1 rings (SSSR count). The maximum absolute atomic E-state index is 12.7. The van der Waals surface area contributed by atoms with Crippen LogP contribution in [0.1, 0.15) is 51.9 Å². The Hall–Kier alpha value is -0.680. The smallest absolute Gasteiger partial charge is 0.170 e. The van der Waals surface area contributed by atoms with Gasteiger partial charge < -0.3 is 4.74 Å². The minimum Gasteiger partial charge on any atom is -0.370 e. The number of aromatic nitrogens is 2. The van der Waals surface area contributed by atoms with Crippen LogP contribution in [-0.2, 0) is 28.9 Å². The van der Waals surface area contributed by atoms with Gasteiger partial charge in [0, 0.05) is 13.7 Å². The molecule has 0 N–H and O–H groups in total. The topological polar surface area (TPSA) is 44.1 Å². The van der Waals surface area contributed by atoms with Crippen LogP contribution in [0.2, 0.25) is 0 Å². The van der Waals surface area contributed by atoms with Gasteiger partial charge in [0.2, 0.25) is 0 Å². The molecule has 5 heteroatoms. The zero-order valence-corrected chi connectivity index (χ0v) is 14.7. The predicted molar refractivity (Wildman–Crippen MR) is 84.0 cm³/mol. The van der Waals surface area contributed by atoms with Gasteiger partial charge in [-0.1, -0.05) is 20.8 Å². The fourth-order valence-corrected chi connectivity index (χ4v) is 3.25. The molecular formula is C15H25BrN2O2. The number of carbonyl (C=O) groups is 1. The molecule has 0 unspecified atom stereocenters. The fourth-order valence-electron chi connectivity index (χ4n) is 2.55. The molecule has 1 aromatic rings. The highest BCUT2D eigenvalue weighted by molar-refractivity contribution is 9.10. The van der Waals surface area contributed by atoms with Gasteiger partial charge in [0.25, 0.3) is 0 Å². The zero-order chi connectivity index (χ0) is 15.3. The van der Waals surface area contributed by atoms with Crippen LogP contribution >= 0.6 is 15.9 Å². The summed E-state index contributed by atoms with van der Waals surface area (Å²) in [6, 6.07) is 0. The molecule has 1 heterocycles. The van der Waals surface area contributed by atoms with Crippen LogP contribution in [0.15, 0.2) is 4.47 Å². The minimum atomic E-state index is -0.672. The Labute approximate surface area is 130 Å². The second kappa shape index (κ2) is 7.36. The molecule has 0 radical (unpaired) electrons. The second-order valence-electron chi connectivity index (χ2n) is 4.88. The van der Waals surface area contributed by atoms with Crippen LogP contribution in [-0.4, -0.2) is 28.3 Å². The van der Waals surface area contributed by atoms with E-state index in [-0.39, 0.29) is 5.78 Å². The Morgan fingerprint density at radius 2 is 1.90 bits per heavy atom. The van der Waals surface area contributed by atoms with Crippen molar-refractivity contribution in [3.63, 3.8) is 0 Å². The third-order valence-corrected chi connectivity index (χ3v) is 4.98. The van der Waals surface area contributed by atoms with Crippen molar-refractivity contribution >= 4 is 21.7 Å². The maximum atomic E-state index is 12.7. The quantitative estimate of drug-likeness (QED) is 0.724. The Bertz CT molecular complexity index is 456. The molecule has 20 heavy (non-hydrogen) atoms. The van der Waals surface area contributed by atoms with Gasteiger partial charge in [-0.05, 0) is 42.1 Å². The van der Waals surface area contributed by atoms with Crippen molar-refractivity contribution in [3.8, 4) is 0 Å². The van der Waals surface area contributed by atoms with Crippen molar-refractivity contribution in [2.45, 2.75) is 65.5 Å². The van der Waals surface area contributed by atoms with Crippen molar-refractivity contribution in [1.82, 2.24) is 9.78 Å². The summed E-state index contributed by atoms with van der Waals surface area (Å²) in [7, 11) is 1.62. The van der Waals surface area contributed by atoms with Crippen LogP contribution in [0, 0.1) is 0 Å². The first-order valence-electron chi connectivity index (χ1n) is 7.32. The van der Waals surface area contributed by atoms with E-state index in [1.165, 1.54) is 0 Å². The van der Waals surface area contributed by atoms with E-state index in [4.69, 9.17) is 4.74 Å². The maximum Gasteiger partial charge on any atom is 0.170 e. The molecule has 0 aliphatic heterocycles. The SMILES string of the molecule is CCc1nn(CC)c(CC(=O)C(CC)(CC)OC)c1Br. The molecule has 1 aromatic heterocycles. The third-order valence-electron chi connectivity index (χ3n) is 4.06. The van der Waals surface area contributed by atoms with Crippen molar-refractivity contribution < 1.29 is 9.53 Å². The largest absolute Gasteiger partial charge is 0.370 e. The van der Waals surface area contributed by atoms with Gasteiger partial charge in [0.1, 0.15) is 5.60 Å². The van der Waals surface area contributed by atoms with Gasteiger partial charge in [0.05, 0.1) is 22.3 Å². The number of ether oxygens (including phenoxy) is 1. The second-order valence-corrected chi connectivity index (χ2v) is 5.68. The molecule has 0 saturated heterocycles. The van der Waals surface area contributed by atoms with E-state index in [1.807, 2.05) is 25.5 Å². The summed E-state index contributed by atoms with van der Waals surface area (Å²) >= 11 is 3.59. The van der Waals surface area contributed by atoms with Crippen LogP contribution in [0.25, 0.3) is 0 Å². The lowest BCUT2D eigenvalue weighted by Crippen LogP contribution is -2.41. The van der Waals surface area contributed by atoms with E-state index < -0.39 is 5.60 Å². The van der Waals surface area contributed by atoms with E-state index in [1.54, 1.807) is 7.11 Å². The number of methoxy groups -OCH3 is 1. The highest BCUT2D eigenvalue weighted by Gasteiger charge is 2.35. The van der Waals surface area contributed by atoms with Crippen molar-refractivity contribution in [1.29, 1.82) is 0 Å². The highest BCUT2D eigenvalue weighted by Crippen LogP contribution is 2.27. The zero-order valence-electron chi connectivity index (χ0n) is 13.1. The Morgan fingerprint density at radius 3 is 2.30 bits per heavy atom. The highest BCUT2D eigenvalue weighted by atomic mass is 79.9. The summed E-state index contributed by atoms with van der Waals surface area (Å²) in [4.78, 5) is 12.7. The van der Waals surface area contributed by atoms with Gasteiger partial charge in [-0.3, -0.25) is 9.48 Å². The number of aryl methyl sites for hydroxylation is 2. The summed E-state index contributed by atoms with van der Waals surface area (Å²) in [6.07, 6.45) is 2.59. The van der Waals surface area contributed by atoms with Crippen molar-refractivity contribution in [2.75, 3.05) is 7.11 Å². The van der Waals surface area contributed by atoms with Crippen LogP contribution < -0.4 is 0 Å². The van der Waals surface area contributed by atoms with E-state index in [0.29, 0.717) is 19.3 Å².